The minimum atomic E-state index is -4.46. The largest absolute Gasteiger partial charge is 0.416 e. The predicted molar refractivity (Wildman–Crippen MR) is 122 cm³/mol. The molecule has 1 saturated heterocycles. The molecule has 0 spiro atoms. The van der Waals surface area contributed by atoms with E-state index in [4.69, 9.17) is 0 Å². The topological polar surface area (TPSA) is 45.2 Å². The molecule has 1 unspecified atom stereocenters. The Balaban J connectivity index is 1.50. The monoisotopic (exact) mass is 503 g/mol. The fourth-order valence-electron chi connectivity index (χ4n) is 4.00. The van der Waals surface area contributed by atoms with Gasteiger partial charge in [0.05, 0.1) is 17.4 Å². The Morgan fingerprint density at radius 3 is 2.69 bits per heavy atom. The zero-order valence-corrected chi connectivity index (χ0v) is 18.9. The molecule has 166 valence electrons. The molecule has 1 amide bonds. The van der Waals surface area contributed by atoms with Crippen LogP contribution in [0.25, 0.3) is 0 Å². The first-order valence-electron chi connectivity index (χ1n) is 10.2. The van der Waals surface area contributed by atoms with Crippen LogP contribution in [0.5, 0.6) is 0 Å². The fourth-order valence-corrected chi connectivity index (χ4v) is 4.24. The van der Waals surface area contributed by atoms with E-state index < -0.39 is 17.6 Å². The maximum absolute atomic E-state index is 12.9. The third-order valence-electron chi connectivity index (χ3n) is 5.69. The zero-order chi connectivity index (χ0) is 22.9. The number of aromatic nitrogens is 1. The number of anilines is 2. The van der Waals surface area contributed by atoms with E-state index in [1.807, 2.05) is 37.4 Å². The lowest BCUT2D eigenvalue weighted by molar-refractivity contribution is -0.137. The number of hydrogen-bond donors (Lipinski definition) is 1. The quantitative estimate of drug-likeness (QED) is 0.418. The van der Waals surface area contributed by atoms with Gasteiger partial charge in [-0.2, -0.15) is 13.2 Å². The van der Waals surface area contributed by atoms with Gasteiger partial charge in [-0.05, 0) is 82.9 Å². The van der Waals surface area contributed by atoms with Crippen LogP contribution in [0.1, 0.15) is 39.4 Å². The Bertz CT molecular complexity index is 1130. The molecular weight excluding hydrogens is 483 g/mol. The van der Waals surface area contributed by atoms with Crippen molar-refractivity contribution in [1.82, 2.24) is 4.98 Å². The lowest BCUT2D eigenvalue weighted by Crippen LogP contribution is -2.19. The van der Waals surface area contributed by atoms with E-state index in [1.165, 1.54) is 12.1 Å². The molecule has 3 aromatic rings. The molecule has 1 N–H and O–H groups in total. The zero-order valence-electron chi connectivity index (χ0n) is 17.3. The second-order valence-corrected chi connectivity index (χ2v) is 8.69. The van der Waals surface area contributed by atoms with E-state index in [-0.39, 0.29) is 11.6 Å². The summed E-state index contributed by atoms with van der Waals surface area (Å²) in [6, 6.07) is 14.0. The van der Waals surface area contributed by atoms with Gasteiger partial charge in [-0.1, -0.05) is 12.1 Å². The van der Waals surface area contributed by atoms with Gasteiger partial charge in [0, 0.05) is 30.3 Å². The summed E-state index contributed by atoms with van der Waals surface area (Å²) in [5.74, 6) is -0.183. The second kappa shape index (κ2) is 8.94. The van der Waals surface area contributed by atoms with Crippen LogP contribution < -0.4 is 10.2 Å². The molecule has 8 heteroatoms. The molecule has 1 aliphatic heterocycles. The summed E-state index contributed by atoms with van der Waals surface area (Å²) in [5.41, 5.74) is 2.95. The molecule has 1 aliphatic rings. The van der Waals surface area contributed by atoms with Gasteiger partial charge in [0.1, 0.15) is 4.60 Å². The van der Waals surface area contributed by atoms with Crippen LogP contribution in [0.3, 0.4) is 0 Å². The van der Waals surface area contributed by atoms with E-state index in [0.29, 0.717) is 5.56 Å². The van der Waals surface area contributed by atoms with Crippen molar-refractivity contribution in [3.63, 3.8) is 0 Å². The highest BCUT2D eigenvalue weighted by Crippen LogP contribution is 2.34. The van der Waals surface area contributed by atoms with Gasteiger partial charge in [0.2, 0.25) is 0 Å². The molecule has 0 bridgehead atoms. The summed E-state index contributed by atoms with van der Waals surface area (Å²) >= 11 is 3.35. The Morgan fingerprint density at radius 1 is 1.16 bits per heavy atom. The van der Waals surface area contributed by atoms with Gasteiger partial charge in [-0.3, -0.25) is 4.79 Å². The van der Waals surface area contributed by atoms with E-state index in [0.717, 1.165) is 53.1 Å². The van der Waals surface area contributed by atoms with Crippen molar-refractivity contribution in [2.75, 3.05) is 23.3 Å². The number of carbonyl (C=O) groups excluding carboxylic acids is 1. The van der Waals surface area contributed by atoms with Crippen molar-refractivity contribution in [2.45, 2.75) is 25.4 Å². The van der Waals surface area contributed by atoms with Crippen molar-refractivity contribution < 1.29 is 18.0 Å². The van der Waals surface area contributed by atoms with E-state index in [9.17, 15) is 18.0 Å². The van der Waals surface area contributed by atoms with Gasteiger partial charge in [-0.15, -0.1) is 0 Å². The summed E-state index contributed by atoms with van der Waals surface area (Å²) in [5, 5.41) is 2.59. The summed E-state index contributed by atoms with van der Waals surface area (Å²) in [6.45, 7) is 3.70. The number of aryl methyl sites for hydroxylation is 1. The average Bonchev–Trinajstić information content (AvgIpc) is 3.24. The number of nitrogens with one attached hydrogen (secondary N) is 1. The lowest BCUT2D eigenvalue weighted by atomic mass is 9.92. The van der Waals surface area contributed by atoms with E-state index in [1.54, 1.807) is 6.07 Å². The van der Waals surface area contributed by atoms with Gasteiger partial charge < -0.3 is 10.2 Å². The Hall–Kier alpha value is -2.87. The number of carbonyl (C=O) groups is 1. The second-order valence-electron chi connectivity index (χ2n) is 7.87. The normalized spacial score (nSPS) is 16.3. The number of nitrogens with zero attached hydrogens (tertiary/aromatic N) is 2. The maximum atomic E-state index is 12.9. The third-order valence-corrected chi connectivity index (χ3v) is 6.16. The summed E-state index contributed by atoms with van der Waals surface area (Å²) in [4.78, 5) is 19.3. The molecule has 0 saturated carbocycles. The Kier molecular flexibility index (Phi) is 6.24. The van der Waals surface area contributed by atoms with Crippen molar-refractivity contribution >= 4 is 33.2 Å². The van der Waals surface area contributed by atoms with Gasteiger partial charge in [0.25, 0.3) is 5.91 Å². The van der Waals surface area contributed by atoms with Crippen LogP contribution >= 0.6 is 15.9 Å². The van der Waals surface area contributed by atoms with E-state index >= 15 is 0 Å². The molecule has 0 aliphatic carbocycles. The first-order valence-corrected chi connectivity index (χ1v) is 11.0. The van der Waals surface area contributed by atoms with Crippen molar-refractivity contribution in [3.8, 4) is 0 Å². The van der Waals surface area contributed by atoms with Gasteiger partial charge >= 0.3 is 6.18 Å². The first-order chi connectivity index (χ1) is 15.2. The highest BCUT2D eigenvalue weighted by molar-refractivity contribution is 9.10. The highest BCUT2D eigenvalue weighted by Gasteiger charge is 2.30. The number of alkyl halides is 3. The maximum Gasteiger partial charge on any atom is 0.416 e. The number of rotatable bonds is 4. The van der Waals surface area contributed by atoms with Crippen LogP contribution in [0.4, 0.5) is 24.5 Å². The van der Waals surface area contributed by atoms with Crippen molar-refractivity contribution in [3.05, 3.63) is 87.7 Å². The molecule has 1 aromatic heterocycles. The van der Waals surface area contributed by atoms with E-state index in [2.05, 4.69) is 31.1 Å². The molecule has 2 aromatic carbocycles. The Labute approximate surface area is 192 Å². The number of halogens is 4. The van der Waals surface area contributed by atoms with Gasteiger partial charge in [-0.25, -0.2) is 4.98 Å². The van der Waals surface area contributed by atoms with Crippen LogP contribution in [0.15, 0.2) is 65.4 Å². The number of benzene rings is 2. The van der Waals surface area contributed by atoms with Crippen molar-refractivity contribution in [1.29, 1.82) is 0 Å². The molecule has 4 rings (SSSR count). The predicted octanol–water partition coefficient (Wildman–Crippen LogP) is 6.42. The molecule has 32 heavy (non-hydrogen) atoms. The van der Waals surface area contributed by atoms with Crippen LogP contribution in [0.2, 0.25) is 0 Å². The minimum Gasteiger partial charge on any atom is -0.370 e. The molecule has 1 fully saturated rings. The number of hydrogen-bond acceptors (Lipinski definition) is 3. The molecule has 4 nitrogen and oxygen atoms in total. The average molecular weight is 504 g/mol. The van der Waals surface area contributed by atoms with Crippen molar-refractivity contribution in [2.24, 2.45) is 0 Å². The molecule has 0 radical (unpaired) electrons. The fraction of sp³-hybridized carbons (Fsp3) is 0.250. The van der Waals surface area contributed by atoms with Crippen LogP contribution in [-0.2, 0) is 6.18 Å². The molecule has 1 atom stereocenters. The van der Waals surface area contributed by atoms with Crippen LogP contribution in [0, 0.1) is 6.92 Å². The van der Waals surface area contributed by atoms with Crippen LogP contribution in [-0.4, -0.2) is 24.0 Å². The smallest absolute Gasteiger partial charge is 0.370 e. The molecule has 2 heterocycles. The number of pyridine rings is 1. The third kappa shape index (κ3) is 4.96. The summed E-state index contributed by atoms with van der Waals surface area (Å²) in [6.07, 6.45) is -1.69. The SMILES string of the molecule is Cc1ccc(C(=O)Nc2cccc(C(F)(F)F)c2)cc1C1CCN(c2ccc(Br)nc2)C1. The summed E-state index contributed by atoms with van der Waals surface area (Å²) in [7, 11) is 0. The summed E-state index contributed by atoms with van der Waals surface area (Å²) < 4.78 is 39.6. The number of amides is 1. The minimum absolute atomic E-state index is 0.113. The first kappa shape index (κ1) is 22.3. The Morgan fingerprint density at radius 2 is 1.97 bits per heavy atom. The highest BCUT2D eigenvalue weighted by atomic mass is 79.9. The van der Waals surface area contributed by atoms with Gasteiger partial charge in [0.15, 0.2) is 0 Å². The standard InChI is InChI=1S/C24H21BrF3N3O/c1-15-5-6-16(23(32)30-19-4-2-3-18(12-19)24(26,27)28)11-21(15)17-9-10-31(14-17)20-7-8-22(25)29-13-20/h2-8,11-13,17H,9-10,14H2,1H3,(H,30,32). The molecular formula is C24H21BrF3N3O. The lowest BCUT2D eigenvalue weighted by Gasteiger charge is -2.19.